The predicted molar refractivity (Wildman–Crippen MR) is 85.0 cm³/mol. The number of rotatable bonds is 6. The van der Waals surface area contributed by atoms with E-state index in [2.05, 4.69) is 26.1 Å². The summed E-state index contributed by atoms with van der Waals surface area (Å²) in [6.45, 7) is 13.8. The van der Waals surface area contributed by atoms with Gasteiger partial charge in [-0.2, -0.15) is 0 Å². The van der Waals surface area contributed by atoms with Crippen molar-refractivity contribution in [2.24, 2.45) is 23.0 Å². The first-order valence-electron chi connectivity index (χ1n) is 7.35. The summed E-state index contributed by atoms with van der Waals surface area (Å²) in [7, 11) is 0. The second-order valence-corrected chi connectivity index (χ2v) is 6.77. The van der Waals surface area contributed by atoms with Gasteiger partial charge in [0, 0.05) is 25.0 Å². The van der Waals surface area contributed by atoms with Crippen molar-refractivity contribution in [2.45, 2.75) is 59.6 Å². The van der Waals surface area contributed by atoms with Crippen molar-refractivity contribution in [1.29, 1.82) is 0 Å². The fraction of sp³-hybridized carbons (Fsp3) is 0.933. The van der Waals surface area contributed by atoms with Crippen LogP contribution in [0.1, 0.15) is 48.0 Å². The smallest absolute Gasteiger partial charge is 0.240 e. The summed E-state index contributed by atoms with van der Waals surface area (Å²) in [5.41, 5.74) is 5.20. The van der Waals surface area contributed by atoms with Crippen LogP contribution in [0.2, 0.25) is 0 Å². The molecule has 0 aliphatic heterocycles. The van der Waals surface area contributed by atoms with Gasteiger partial charge in [-0.05, 0) is 18.8 Å². The van der Waals surface area contributed by atoms with E-state index in [-0.39, 0.29) is 29.8 Å². The van der Waals surface area contributed by atoms with E-state index >= 15 is 0 Å². The van der Waals surface area contributed by atoms with Crippen molar-refractivity contribution in [2.75, 3.05) is 13.2 Å². The third-order valence-corrected chi connectivity index (χ3v) is 4.96. The maximum Gasteiger partial charge on any atom is 0.240 e. The monoisotopic (exact) mass is 306 g/mol. The first-order chi connectivity index (χ1) is 8.66. The van der Waals surface area contributed by atoms with Gasteiger partial charge in [0.15, 0.2) is 0 Å². The van der Waals surface area contributed by atoms with Gasteiger partial charge in [0.05, 0.1) is 6.10 Å². The molecule has 3 unspecified atom stereocenters. The average molecular weight is 307 g/mol. The number of hydrogen-bond donors (Lipinski definition) is 2. The van der Waals surface area contributed by atoms with E-state index in [1.807, 2.05) is 20.8 Å². The molecule has 0 aromatic carbocycles. The summed E-state index contributed by atoms with van der Waals surface area (Å²) in [4.78, 5) is 12.3. The van der Waals surface area contributed by atoms with Crippen molar-refractivity contribution in [3.8, 4) is 0 Å². The highest BCUT2D eigenvalue weighted by Crippen LogP contribution is 2.49. The molecule has 5 heteroatoms. The normalized spacial score (nSPS) is 29.3. The molecule has 3 atom stereocenters. The molecule has 1 aliphatic rings. The quantitative estimate of drug-likeness (QED) is 0.791. The molecule has 20 heavy (non-hydrogen) atoms. The molecular weight excluding hydrogens is 276 g/mol. The summed E-state index contributed by atoms with van der Waals surface area (Å²) in [6.07, 6.45) is 0.686. The molecule has 0 aromatic rings. The first-order valence-corrected chi connectivity index (χ1v) is 7.35. The number of carbonyl (C=O) groups is 1. The van der Waals surface area contributed by atoms with Crippen LogP contribution < -0.4 is 11.1 Å². The number of ether oxygens (including phenoxy) is 1. The van der Waals surface area contributed by atoms with Gasteiger partial charge >= 0.3 is 0 Å². The molecule has 0 aromatic heterocycles. The van der Waals surface area contributed by atoms with E-state index in [9.17, 15) is 4.79 Å². The molecule has 0 bridgehead atoms. The molecule has 0 heterocycles. The highest BCUT2D eigenvalue weighted by molar-refractivity contribution is 5.88. The number of amides is 1. The Labute approximate surface area is 129 Å². The minimum absolute atomic E-state index is 0. The topological polar surface area (TPSA) is 64.3 Å². The fourth-order valence-electron chi connectivity index (χ4n) is 2.47. The highest BCUT2D eigenvalue weighted by Gasteiger charge is 2.62. The number of carbonyl (C=O) groups excluding carboxylic acids is 1. The van der Waals surface area contributed by atoms with Crippen LogP contribution in [0, 0.1) is 17.3 Å². The number of nitrogens with one attached hydrogen (secondary N) is 1. The summed E-state index contributed by atoms with van der Waals surface area (Å²) in [6, 6.07) is 0. The lowest BCUT2D eigenvalue weighted by Crippen LogP contribution is -2.75. The Bertz CT molecular complexity index is 334. The van der Waals surface area contributed by atoms with Gasteiger partial charge in [0.25, 0.3) is 0 Å². The van der Waals surface area contributed by atoms with Crippen LogP contribution in [0.15, 0.2) is 0 Å². The van der Waals surface area contributed by atoms with Crippen molar-refractivity contribution >= 4 is 18.3 Å². The third kappa shape index (κ3) is 3.46. The van der Waals surface area contributed by atoms with Crippen molar-refractivity contribution in [3.63, 3.8) is 0 Å². The molecule has 0 saturated heterocycles. The van der Waals surface area contributed by atoms with E-state index in [4.69, 9.17) is 10.5 Å². The molecular formula is C15H31ClN2O2. The number of nitrogens with two attached hydrogens (primary N) is 1. The zero-order valence-electron chi connectivity index (χ0n) is 13.7. The van der Waals surface area contributed by atoms with E-state index < -0.39 is 5.54 Å². The van der Waals surface area contributed by atoms with Crippen LogP contribution in [0.25, 0.3) is 0 Å². The first kappa shape index (κ1) is 19.7. The molecule has 0 radical (unpaired) electrons. The Morgan fingerprint density at radius 3 is 2.35 bits per heavy atom. The van der Waals surface area contributed by atoms with Crippen molar-refractivity contribution < 1.29 is 9.53 Å². The Morgan fingerprint density at radius 1 is 1.40 bits per heavy atom. The molecule has 1 fully saturated rings. The van der Waals surface area contributed by atoms with Crippen molar-refractivity contribution in [3.05, 3.63) is 0 Å². The lowest BCUT2D eigenvalue weighted by atomic mass is 9.54. The van der Waals surface area contributed by atoms with Crippen LogP contribution in [-0.4, -0.2) is 30.7 Å². The van der Waals surface area contributed by atoms with Gasteiger partial charge in [0.2, 0.25) is 5.91 Å². The molecule has 120 valence electrons. The zero-order chi connectivity index (χ0) is 14.8. The average Bonchev–Trinajstić information content (AvgIpc) is 2.34. The van der Waals surface area contributed by atoms with Crippen LogP contribution in [0.4, 0.5) is 0 Å². The summed E-state index contributed by atoms with van der Waals surface area (Å²) >= 11 is 0. The Morgan fingerprint density at radius 2 is 1.95 bits per heavy atom. The highest BCUT2D eigenvalue weighted by atomic mass is 35.5. The van der Waals surface area contributed by atoms with Gasteiger partial charge in [-0.1, -0.05) is 34.6 Å². The largest absolute Gasteiger partial charge is 0.378 e. The SMILES string of the molecule is CCOC1CC(N)(C(=O)NCC(C)C(C)C)C1(C)C.Cl. The lowest BCUT2D eigenvalue weighted by molar-refractivity contribution is -0.170. The maximum absolute atomic E-state index is 12.3. The van der Waals surface area contributed by atoms with Crippen LogP contribution >= 0.6 is 12.4 Å². The number of hydrogen-bond acceptors (Lipinski definition) is 3. The maximum atomic E-state index is 12.3. The molecule has 1 saturated carbocycles. The second kappa shape index (κ2) is 7.10. The lowest BCUT2D eigenvalue weighted by Gasteiger charge is -2.57. The van der Waals surface area contributed by atoms with E-state index in [1.54, 1.807) is 0 Å². The molecule has 0 spiro atoms. The Kier molecular flexibility index (Phi) is 6.99. The van der Waals surface area contributed by atoms with Gasteiger partial charge in [0.1, 0.15) is 5.54 Å². The van der Waals surface area contributed by atoms with Gasteiger partial charge < -0.3 is 15.8 Å². The zero-order valence-corrected chi connectivity index (χ0v) is 14.5. The van der Waals surface area contributed by atoms with Crippen molar-refractivity contribution in [1.82, 2.24) is 5.32 Å². The fourth-order valence-corrected chi connectivity index (χ4v) is 2.47. The molecule has 1 rings (SSSR count). The second-order valence-electron chi connectivity index (χ2n) is 6.77. The number of halogens is 1. The standard InChI is InChI=1S/C15H30N2O2.ClH/c1-7-19-12-8-15(16,14(12,5)6)13(18)17-9-11(4)10(2)3;/h10-12H,7-9,16H2,1-6H3,(H,17,18);1H. The van der Waals surface area contributed by atoms with E-state index in [1.165, 1.54) is 0 Å². The van der Waals surface area contributed by atoms with Gasteiger partial charge in [-0.15, -0.1) is 12.4 Å². The van der Waals surface area contributed by atoms with Gasteiger partial charge in [-0.25, -0.2) is 0 Å². The van der Waals surface area contributed by atoms with E-state index in [0.717, 1.165) is 0 Å². The Balaban J connectivity index is 0.00000361. The molecule has 4 nitrogen and oxygen atoms in total. The predicted octanol–water partition coefficient (Wildman–Crippen LogP) is 2.35. The molecule has 3 N–H and O–H groups in total. The Hall–Kier alpha value is -0.320. The summed E-state index contributed by atoms with van der Waals surface area (Å²) in [5, 5.41) is 3.01. The minimum atomic E-state index is -0.802. The molecule has 1 aliphatic carbocycles. The minimum Gasteiger partial charge on any atom is -0.378 e. The summed E-state index contributed by atoms with van der Waals surface area (Å²) in [5.74, 6) is 0.971. The van der Waals surface area contributed by atoms with Crippen LogP contribution in [0.3, 0.4) is 0 Å². The molecule has 1 amide bonds. The van der Waals surface area contributed by atoms with E-state index in [0.29, 0.717) is 31.4 Å². The third-order valence-electron chi connectivity index (χ3n) is 4.96. The van der Waals surface area contributed by atoms with Crippen LogP contribution in [-0.2, 0) is 9.53 Å². The van der Waals surface area contributed by atoms with Gasteiger partial charge in [-0.3, -0.25) is 4.79 Å². The summed E-state index contributed by atoms with van der Waals surface area (Å²) < 4.78 is 5.64. The van der Waals surface area contributed by atoms with Crippen LogP contribution in [0.5, 0.6) is 0 Å².